The second-order valence-electron chi connectivity index (χ2n) is 6.43. The van der Waals surface area contributed by atoms with Crippen molar-refractivity contribution in [2.45, 2.75) is 101 Å². The first kappa shape index (κ1) is 17.5. The summed E-state index contributed by atoms with van der Waals surface area (Å²) in [4.78, 5) is 0. The van der Waals surface area contributed by atoms with Crippen molar-refractivity contribution in [1.29, 1.82) is 0 Å². The lowest BCUT2D eigenvalue weighted by Gasteiger charge is -2.03. The molecule has 0 fully saturated rings. The van der Waals surface area contributed by atoms with Crippen LogP contribution in [-0.4, -0.2) is 4.64 Å². The van der Waals surface area contributed by atoms with E-state index in [4.69, 9.17) is 11.8 Å². The minimum atomic E-state index is 0.177. The highest BCUT2D eigenvalue weighted by atomic mass is 32.6. The maximum atomic E-state index is 5.50. The quantitative estimate of drug-likeness (QED) is 0.224. The Labute approximate surface area is 133 Å². The molecule has 0 aromatic rings. The van der Waals surface area contributed by atoms with E-state index >= 15 is 0 Å². The molecule has 2 rings (SSSR count). The smallest absolute Gasteiger partial charge is 0.0654 e. The lowest BCUT2D eigenvalue weighted by Crippen LogP contribution is -1.89. The van der Waals surface area contributed by atoms with Gasteiger partial charge in [0.2, 0.25) is 0 Å². The topological polar surface area (TPSA) is 0 Å². The second kappa shape index (κ2) is 9.30. The van der Waals surface area contributed by atoms with Gasteiger partial charge in [-0.25, -0.2) is 0 Å². The molecule has 3 atom stereocenters. The Balaban J connectivity index is 1.24. The third kappa shape index (κ3) is 5.39. The van der Waals surface area contributed by atoms with E-state index < -0.39 is 0 Å². The average molecular weight is 348 g/mol. The van der Waals surface area contributed by atoms with Crippen molar-refractivity contribution >= 4 is 32.2 Å². The maximum Gasteiger partial charge on any atom is 0.113 e. The molecule has 4 heteroatoms. The van der Waals surface area contributed by atoms with Gasteiger partial charge in [0.05, 0.1) is 0 Å². The highest BCUT2D eigenvalue weighted by Crippen LogP contribution is 2.98. The van der Waals surface area contributed by atoms with Crippen LogP contribution in [0.2, 0.25) is 0 Å². The summed E-state index contributed by atoms with van der Waals surface area (Å²) in [6.45, 7) is 2.76. The molecule has 0 N–H and O–H groups in total. The van der Waals surface area contributed by atoms with Gasteiger partial charge in [-0.05, 0) is 26.8 Å². The van der Waals surface area contributed by atoms with Crippen molar-refractivity contribution in [2.24, 2.45) is 0 Å². The monoisotopic (exact) mass is 348 g/mol. The number of hydrogen-bond donors (Lipinski definition) is 0. The van der Waals surface area contributed by atoms with Gasteiger partial charge in [-0.3, -0.25) is 0 Å². The summed E-state index contributed by atoms with van der Waals surface area (Å²) in [5.41, 5.74) is 0. The van der Waals surface area contributed by atoms with Gasteiger partial charge in [0, 0.05) is 0 Å². The third-order valence-electron chi connectivity index (χ3n) is 4.59. The zero-order valence-corrected chi connectivity index (χ0v) is 16.6. The first-order valence-corrected chi connectivity index (χ1v) is 14.8. The van der Waals surface area contributed by atoms with Crippen molar-refractivity contribution in [3.63, 3.8) is 0 Å². The van der Waals surface area contributed by atoms with Crippen LogP contribution < -0.4 is 0 Å². The van der Waals surface area contributed by atoms with E-state index in [1.165, 1.54) is 89.9 Å². The van der Waals surface area contributed by atoms with Crippen LogP contribution in [0.3, 0.4) is 0 Å². The molecule has 2 aliphatic heterocycles. The molecule has 0 aromatic heterocycles. The van der Waals surface area contributed by atoms with E-state index in [2.05, 4.69) is 6.92 Å². The van der Waals surface area contributed by atoms with Crippen LogP contribution >= 0.6 is 20.3 Å². The molecule has 0 radical (unpaired) electrons. The largest absolute Gasteiger partial charge is 0.113 e. The van der Waals surface area contributed by atoms with Gasteiger partial charge in [0.25, 0.3) is 0 Å². The Kier molecular flexibility index (Phi) is 8.13. The summed E-state index contributed by atoms with van der Waals surface area (Å²) in [7, 11) is 1.80. The highest BCUT2D eigenvalue weighted by molar-refractivity contribution is 8.57. The summed E-state index contributed by atoms with van der Waals surface area (Å²) < 4.78 is 0.831. The zero-order valence-electron chi connectivity index (χ0n) is 13.1. The maximum absolute atomic E-state index is 5.50. The van der Waals surface area contributed by atoms with Gasteiger partial charge in [0.15, 0.2) is 0 Å². The molecule has 3 unspecified atom stereocenters. The van der Waals surface area contributed by atoms with Gasteiger partial charge in [-0.15, -0.1) is 0 Å². The minimum Gasteiger partial charge on any atom is -0.0654 e. The first-order valence-electron chi connectivity index (χ1n) is 8.81. The average Bonchev–Trinajstić information content (AvgIpc) is 3.32. The Morgan fingerprint density at radius 2 is 1.15 bits per heavy atom. The molecule has 2 heterocycles. The molecule has 0 spiro atoms. The van der Waals surface area contributed by atoms with E-state index in [1.54, 1.807) is 7.87 Å². The SMILES string of the molecule is CCCCCCCCCCCCCCCC12P=P1=P2=S. The second-order valence-corrected chi connectivity index (χ2v) is 18.2. The number of rotatable bonds is 14. The molecular weight excluding hydrogens is 317 g/mol. The summed E-state index contributed by atoms with van der Waals surface area (Å²) in [6.07, 6.45) is 20.6. The van der Waals surface area contributed by atoms with Gasteiger partial charge in [-0.2, -0.15) is 0 Å². The molecular formula is C16H31P3S. The van der Waals surface area contributed by atoms with Crippen LogP contribution in [0, 0.1) is 0 Å². The Morgan fingerprint density at radius 3 is 1.50 bits per heavy atom. The van der Waals surface area contributed by atoms with Gasteiger partial charge < -0.3 is 0 Å². The molecule has 0 aliphatic carbocycles. The van der Waals surface area contributed by atoms with Crippen molar-refractivity contribution in [3.05, 3.63) is 0 Å². The highest BCUT2D eigenvalue weighted by Gasteiger charge is 2.54. The summed E-state index contributed by atoms with van der Waals surface area (Å²) >= 11 is 5.50. The van der Waals surface area contributed by atoms with Crippen molar-refractivity contribution in [3.8, 4) is 0 Å². The zero-order chi connectivity index (χ0) is 14.3. The van der Waals surface area contributed by atoms with E-state index in [9.17, 15) is 0 Å². The van der Waals surface area contributed by atoms with Gasteiger partial charge >= 0.3 is 0 Å². The number of fused-ring (bicyclic) bond motifs is 1. The van der Waals surface area contributed by atoms with Crippen LogP contribution in [0.4, 0.5) is 0 Å². The molecule has 0 saturated heterocycles. The van der Waals surface area contributed by atoms with Crippen molar-refractivity contribution in [2.75, 3.05) is 0 Å². The summed E-state index contributed by atoms with van der Waals surface area (Å²) in [5, 5.41) is 0. The third-order valence-corrected chi connectivity index (χ3v) is 22.7. The van der Waals surface area contributed by atoms with Crippen LogP contribution in [0.15, 0.2) is 0 Å². The Bertz CT molecular complexity index is 423. The number of unbranched alkanes of at least 4 members (excludes halogenated alkanes) is 12. The fourth-order valence-corrected chi connectivity index (χ4v) is 21.2. The van der Waals surface area contributed by atoms with Crippen LogP contribution in [0.1, 0.15) is 96.8 Å². The van der Waals surface area contributed by atoms with E-state index in [0.717, 1.165) is 4.64 Å². The van der Waals surface area contributed by atoms with E-state index in [0.29, 0.717) is 6.50 Å². The van der Waals surface area contributed by atoms with Crippen LogP contribution in [0.25, 0.3) is 0 Å². The van der Waals surface area contributed by atoms with Crippen molar-refractivity contribution in [1.82, 2.24) is 0 Å². The lowest BCUT2D eigenvalue weighted by molar-refractivity contribution is 0.537. The van der Waals surface area contributed by atoms with E-state index in [1.807, 2.05) is 0 Å². The summed E-state index contributed by atoms with van der Waals surface area (Å²) in [6, 6.07) is 0. The molecule has 2 aliphatic rings. The molecule has 0 bridgehead atoms. The Morgan fingerprint density at radius 1 is 0.750 bits per heavy atom. The van der Waals surface area contributed by atoms with Crippen LogP contribution in [0.5, 0.6) is 0 Å². The minimum absolute atomic E-state index is 0.177. The molecule has 0 aromatic carbocycles. The lowest BCUT2D eigenvalue weighted by atomic mass is 10.0. The number of hydrogen-bond acceptors (Lipinski definition) is 1. The molecule has 20 heavy (non-hydrogen) atoms. The predicted octanol–water partition coefficient (Wildman–Crippen LogP) is 8.35. The van der Waals surface area contributed by atoms with Gasteiger partial charge in [-0.1, -0.05) is 102 Å². The van der Waals surface area contributed by atoms with Crippen molar-refractivity contribution < 1.29 is 0 Å². The fourth-order valence-electron chi connectivity index (χ4n) is 3.01. The molecule has 0 amide bonds. The first-order chi connectivity index (χ1) is 9.81. The molecule has 116 valence electrons. The van der Waals surface area contributed by atoms with E-state index in [-0.39, 0.29) is 5.98 Å². The fraction of sp³-hybridized carbons (Fsp3) is 1.00. The standard InChI is InChI=1S/C16H31P3S/c1-2-3-4-5-6-7-8-9-10-11-12-13-14-15-16-17-18(16)19(16)20/h2-15H2,1H3. The predicted molar refractivity (Wildman–Crippen MR) is 101 cm³/mol. The Hall–Kier alpha value is 1.12. The summed E-state index contributed by atoms with van der Waals surface area (Å²) in [5.74, 6) is 0.177. The molecule has 0 nitrogen and oxygen atoms in total. The molecule has 0 saturated carbocycles. The van der Waals surface area contributed by atoms with Gasteiger partial charge in [0.1, 0.15) is 4.64 Å². The normalized spacial score (nSPS) is 27.1. The van der Waals surface area contributed by atoms with Crippen LogP contribution in [-0.2, 0) is 11.8 Å².